The van der Waals surface area contributed by atoms with Crippen molar-refractivity contribution in [1.82, 2.24) is 14.8 Å². The van der Waals surface area contributed by atoms with Crippen LogP contribution in [0.15, 0.2) is 24.3 Å². The Labute approximate surface area is 153 Å². The van der Waals surface area contributed by atoms with Gasteiger partial charge in [0.1, 0.15) is 5.82 Å². The highest BCUT2D eigenvalue weighted by Gasteiger charge is 2.34. The summed E-state index contributed by atoms with van der Waals surface area (Å²) >= 11 is 1.82. The van der Waals surface area contributed by atoms with E-state index in [1.807, 2.05) is 16.4 Å². The zero-order chi connectivity index (χ0) is 17.4. The molecule has 2 aromatic rings. The normalized spacial score (nSPS) is 22.4. The van der Waals surface area contributed by atoms with Crippen LogP contribution in [0.25, 0.3) is 0 Å². The lowest BCUT2D eigenvalue weighted by molar-refractivity contribution is 0.481. The molecule has 7 heteroatoms. The standard InChI is InChI=1S/C18H23N3O2S2/c1-13-4-2-3-5-15(13)10-24-11-17-19-18(14-6-7-14)20-21(17)16-8-9-25(22,23)12-16/h2-5,14,16H,6-12H2,1H3/t16-/m0/s1. The Morgan fingerprint density at radius 3 is 2.68 bits per heavy atom. The SMILES string of the molecule is Cc1ccccc1CSCc1nc(C2CC2)nn1[C@H]1CCS(=O)(=O)C1. The van der Waals surface area contributed by atoms with Crippen molar-refractivity contribution in [2.75, 3.05) is 11.5 Å². The summed E-state index contributed by atoms with van der Waals surface area (Å²) in [4.78, 5) is 4.75. The molecule has 0 unspecified atom stereocenters. The Balaban J connectivity index is 1.49. The molecule has 0 N–H and O–H groups in total. The van der Waals surface area contributed by atoms with Gasteiger partial charge in [0, 0.05) is 11.7 Å². The summed E-state index contributed by atoms with van der Waals surface area (Å²) in [5, 5.41) is 4.69. The molecule has 1 atom stereocenters. The number of thioether (sulfide) groups is 1. The van der Waals surface area contributed by atoms with Crippen LogP contribution in [-0.2, 0) is 21.3 Å². The Kier molecular flexibility index (Phi) is 4.62. The van der Waals surface area contributed by atoms with Crippen LogP contribution in [0.2, 0.25) is 0 Å². The van der Waals surface area contributed by atoms with Crippen molar-refractivity contribution in [3.05, 3.63) is 47.0 Å². The van der Waals surface area contributed by atoms with Crippen molar-refractivity contribution in [2.24, 2.45) is 0 Å². The van der Waals surface area contributed by atoms with Crippen LogP contribution < -0.4 is 0 Å². The number of rotatable bonds is 6. The molecule has 1 saturated carbocycles. The van der Waals surface area contributed by atoms with Gasteiger partial charge in [0.05, 0.1) is 23.3 Å². The number of hydrogen-bond acceptors (Lipinski definition) is 5. The summed E-state index contributed by atoms with van der Waals surface area (Å²) in [5.41, 5.74) is 2.64. The molecule has 0 spiro atoms. The molecule has 1 aromatic carbocycles. The van der Waals surface area contributed by atoms with Crippen LogP contribution in [-0.4, -0.2) is 34.7 Å². The fourth-order valence-electron chi connectivity index (χ4n) is 3.27. The highest BCUT2D eigenvalue weighted by atomic mass is 32.2. The first-order valence-electron chi connectivity index (χ1n) is 8.80. The number of aromatic nitrogens is 3. The lowest BCUT2D eigenvalue weighted by atomic mass is 10.1. The number of sulfone groups is 1. The van der Waals surface area contributed by atoms with Gasteiger partial charge in [-0.2, -0.15) is 5.10 Å². The molecule has 25 heavy (non-hydrogen) atoms. The van der Waals surface area contributed by atoms with E-state index in [1.165, 1.54) is 11.1 Å². The number of nitrogens with zero attached hydrogens (tertiary/aromatic N) is 3. The third-order valence-electron chi connectivity index (χ3n) is 4.97. The summed E-state index contributed by atoms with van der Waals surface area (Å²) in [6.07, 6.45) is 2.97. The second-order valence-corrected chi connectivity index (χ2v) is 10.3. The molecule has 0 radical (unpaired) electrons. The predicted octanol–water partition coefficient (Wildman–Crippen LogP) is 3.26. The molecule has 1 aliphatic carbocycles. The van der Waals surface area contributed by atoms with Crippen molar-refractivity contribution >= 4 is 21.6 Å². The van der Waals surface area contributed by atoms with E-state index in [0.29, 0.717) is 12.3 Å². The molecule has 1 aromatic heterocycles. The predicted molar refractivity (Wildman–Crippen MR) is 100 cm³/mol. The average molecular weight is 378 g/mol. The topological polar surface area (TPSA) is 64.8 Å². The fourth-order valence-corrected chi connectivity index (χ4v) is 5.99. The number of aryl methyl sites for hydroxylation is 1. The second-order valence-electron chi connectivity index (χ2n) is 7.08. The molecule has 2 fully saturated rings. The first-order chi connectivity index (χ1) is 12.0. The molecule has 5 nitrogen and oxygen atoms in total. The third-order valence-corrected chi connectivity index (χ3v) is 7.69. The number of benzene rings is 1. The summed E-state index contributed by atoms with van der Waals surface area (Å²) < 4.78 is 25.6. The van der Waals surface area contributed by atoms with Gasteiger partial charge in [0.2, 0.25) is 0 Å². The van der Waals surface area contributed by atoms with Crippen LogP contribution >= 0.6 is 11.8 Å². The molecule has 4 rings (SSSR count). The molecule has 2 heterocycles. The van der Waals surface area contributed by atoms with E-state index in [4.69, 9.17) is 10.1 Å². The first-order valence-corrected chi connectivity index (χ1v) is 11.8. The molecule has 1 saturated heterocycles. The Morgan fingerprint density at radius 2 is 2.00 bits per heavy atom. The van der Waals surface area contributed by atoms with E-state index in [2.05, 4.69) is 31.2 Å². The van der Waals surface area contributed by atoms with E-state index < -0.39 is 9.84 Å². The maximum Gasteiger partial charge on any atom is 0.154 e. The van der Waals surface area contributed by atoms with Crippen LogP contribution in [0.1, 0.15) is 54.0 Å². The van der Waals surface area contributed by atoms with Crippen molar-refractivity contribution in [3.63, 3.8) is 0 Å². The van der Waals surface area contributed by atoms with Gasteiger partial charge >= 0.3 is 0 Å². The molecule has 1 aliphatic heterocycles. The highest BCUT2D eigenvalue weighted by molar-refractivity contribution is 7.97. The van der Waals surface area contributed by atoms with Crippen molar-refractivity contribution in [2.45, 2.75) is 49.7 Å². The maximum atomic E-state index is 11.8. The maximum absolute atomic E-state index is 11.8. The second kappa shape index (κ2) is 6.76. The Hall–Kier alpha value is -1.34. The van der Waals surface area contributed by atoms with Crippen LogP contribution in [0.3, 0.4) is 0 Å². The van der Waals surface area contributed by atoms with Crippen LogP contribution in [0.5, 0.6) is 0 Å². The Bertz CT molecular complexity index is 872. The highest BCUT2D eigenvalue weighted by Crippen LogP contribution is 2.39. The van der Waals surface area contributed by atoms with Gasteiger partial charge in [-0.3, -0.25) is 0 Å². The van der Waals surface area contributed by atoms with Gasteiger partial charge in [-0.1, -0.05) is 24.3 Å². The first kappa shape index (κ1) is 17.1. The summed E-state index contributed by atoms with van der Waals surface area (Å²) in [6, 6.07) is 8.38. The quantitative estimate of drug-likeness (QED) is 0.773. The van der Waals surface area contributed by atoms with E-state index in [1.54, 1.807) is 0 Å². The zero-order valence-electron chi connectivity index (χ0n) is 14.4. The van der Waals surface area contributed by atoms with E-state index in [-0.39, 0.29) is 17.5 Å². The third kappa shape index (κ3) is 3.92. The lowest BCUT2D eigenvalue weighted by Crippen LogP contribution is -2.15. The minimum Gasteiger partial charge on any atom is -0.245 e. The molecular weight excluding hydrogens is 354 g/mol. The van der Waals surface area contributed by atoms with Crippen molar-refractivity contribution in [1.29, 1.82) is 0 Å². The van der Waals surface area contributed by atoms with Crippen LogP contribution in [0, 0.1) is 6.92 Å². The van der Waals surface area contributed by atoms with Crippen LogP contribution in [0.4, 0.5) is 0 Å². The van der Waals surface area contributed by atoms with Gasteiger partial charge in [-0.15, -0.1) is 11.8 Å². The van der Waals surface area contributed by atoms with Gasteiger partial charge in [0.25, 0.3) is 0 Å². The summed E-state index contributed by atoms with van der Waals surface area (Å²) in [7, 11) is -2.92. The summed E-state index contributed by atoms with van der Waals surface area (Å²) in [6.45, 7) is 2.13. The molecule has 134 valence electrons. The Morgan fingerprint density at radius 1 is 1.20 bits per heavy atom. The van der Waals surface area contributed by atoms with Gasteiger partial charge in [-0.05, 0) is 37.3 Å². The molecule has 0 bridgehead atoms. The van der Waals surface area contributed by atoms with Gasteiger partial charge in [-0.25, -0.2) is 18.1 Å². The number of hydrogen-bond donors (Lipinski definition) is 0. The van der Waals surface area contributed by atoms with Crippen molar-refractivity contribution in [3.8, 4) is 0 Å². The largest absolute Gasteiger partial charge is 0.245 e. The smallest absolute Gasteiger partial charge is 0.154 e. The average Bonchev–Trinajstić information content (AvgIpc) is 3.24. The molecule has 0 amide bonds. The fraction of sp³-hybridized carbons (Fsp3) is 0.556. The van der Waals surface area contributed by atoms with E-state index in [9.17, 15) is 8.42 Å². The van der Waals surface area contributed by atoms with Gasteiger partial charge in [0.15, 0.2) is 15.7 Å². The van der Waals surface area contributed by atoms with E-state index >= 15 is 0 Å². The van der Waals surface area contributed by atoms with Crippen molar-refractivity contribution < 1.29 is 8.42 Å². The minimum atomic E-state index is -2.92. The lowest BCUT2D eigenvalue weighted by Gasteiger charge is -2.12. The summed E-state index contributed by atoms with van der Waals surface area (Å²) in [5.74, 6) is 4.51. The van der Waals surface area contributed by atoms with E-state index in [0.717, 1.165) is 36.0 Å². The van der Waals surface area contributed by atoms with Gasteiger partial charge < -0.3 is 0 Å². The minimum absolute atomic E-state index is 0.0425. The molecular formula is C18H23N3O2S2. The zero-order valence-corrected chi connectivity index (χ0v) is 16.0. The molecule has 2 aliphatic rings. The monoisotopic (exact) mass is 377 g/mol.